The number of nitrogens with one attached hydrogen (secondary N) is 2. The van der Waals surface area contributed by atoms with E-state index in [9.17, 15) is 18.0 Å². The van der Waals surface area contributed by atoms with Crippen LogP contribution in [0.2, 0.25) is 5.02 Å². The summed E-state index contributed by atoms with van der Waals surface area (Å²) in [5.41, 5.74) is 2.59. The molecule has 4 aromatic carbocycles. The fourth-order valence-electron chi connectivity index (χ4n) is 5.55. The van der Waals surface area contributed by atoms with Crippen LogP contribution in [0.25, 0.3) is 0 Å². The fraction of sp³-hybridized carbons (Fsp3) is 0.270. The number of amides is 1. The lowest BCUT2D eigenvalue weighted by Gasteiger charge is -2.29. The van der Waals surface area contributed by atoms with Gasteiger partial charge >= 0.3 is 6.18 Å². The van der Waals surface area contributed by atoms with Crippen molar-refractivity contribution in [1.29, 1.82) is 0 Å². The van der Waals surface area contributed by atoms with Crippen molar-refractivity contribution >= 4 is 17.5 Å². The van der Waals surface area contributed by atoms with E-state index in [2.05, 4.69) is 49.7 Å². The lowest BCUT2D eigenvalue weighted by Crippen LogP contribution is -2.31. The summed E-state index contributed by atoms with van der Waals surface area (Å²) in [6, 6.07) is 31.6. The number of aryl methyl sites for hydroxylation is 1. The quantitative estimate of drug-likeness (QED) is 0.111. The summed E-state index contributed by atoms with van der Waals surface area (Å²) < 4.78 is 47.1. The molecule has 1 amide bonds. The molecule has 0 saturated heterocycles. The van der Waals surface area contributed by atoms with Crippen molar-refractivity contribution in [2.75, 3.05) is 19.7 Å². The molecule has 11 heteroatoms. The van der Waals surface area contributed by atoms with Crippen LogP contribution in [0.1, 0.15) is 51.8 Å². The highest BCUT2D eigenvalue weighted by molar-refractivity contribution is 6.32. The average molecular weight is 676 g/mol. The second-order valence-electron chi connectivity index (χ2n) is 11.5. The Morgan fingerprint density at radius 3 is 2.29 bits per heavy atom. The second kappa shape index (κ2) is 16.4. The Morgan fingerprint density at radius 2 is 1.65 bits per heavy atom. The predicted octanol–water partition coefficient (Wildman–Crippen LogP) is 7.75. The molecule has 0 aliphatic rings. The molecular weight excluding hydrogens is 639 g/mol. The van der Waals surface area contributed by atoms with Gasteiger partial charge in [0, 0.05) is 25.6 Å². The largest absolute Gasteiger partial charge is 0.494 e. The smallest absolute Gasteiger partial charge is 0.417 e. The van der Waals surface area contributed by atoms with Crippen LogP contribution < -0.4 is 10.1 Å². The van der Waals surface area contributed by atoms with E-state index in [4.69, 9.17) is 16.3 Å². The van der Waals surface area contributed by atoms with Gasteiger partial charge in [-0.1, -0.05) is 96.5 Å². The highest BCUT2D eigenvalue weighted by Crippen LogP contribution is 2.37. The summed E-state index contributed by atoms with van der Waals surface area (Å²) in [5.74, 6) is 1.64. The third-order valence-corrected chi connectivity index (χ3v) is 8.31. The summed E-state index contributed by atoms with van der Waals surface area (Å²) >= 11 is 6.34. The van der Waals surface area contributed by atoms with Crippen molar-refractivity contribution in [3.63, 3.8) is 0 Å². The van der Waals surface area contributed by atoms with Crippen LogP contribution in [0.3, 0.4) is 0 Å². The third kappa shape index (κ3) is 9.92. The molecule has 0 radical (unpaired) electrons. The number of aromatic amines is 1. The standard InChI is InChI=1S/C37H37ClF3N5O2/c1-26-43-34(45-44-26)23-42-35(47)22-27-11-8-17-31(21-27)48-20-10-19-46(24-30-16-9-18-33(36(30)38)37(39,40)41)25-32(28-12-4-2-5-13-28)29-14-6-3-7-15-29/h2-9,11-18,21,32H,10,19-20,22-25H2,1H3,(H,42,47)(H,43,44,45). The van der Waals surface area contributed by atoms with E-state index in [1.54, 1.807) is 13.0 Å². The first-order valence-corrected chi connectivity index (χ1v) is 16.1. The minimum atomic E-state index is -4.55. The Bertz CT molecular complexity index is 1730. The summed E-state index contributed by atoms with van der Waals surface area (Å²) in [6.45, 7) is 3.73. The normalized spacial score (nSPS) is 11.6. The number of alkyl halides is 3. The zero-order chi connectivity index (χ0) is 33.9. The van der Waals surface area contributed by atoms with E-state index in [0.29, 0.717) is 49.1 Å². The molecule has 0 spiro atoms. The van der Waals surface area contributed by atoms with Gasteiger partial charge in [0.1, 0.15) is 11.6 Å². The van der Waals surface area contributed by atoms with Gasteiger partial charge in [0.05, 0.1) is 30.2 Å². The Labute approximate surface area is 283 Å². The maximum atomic E-state index is 13.7. The van der Waals surface area contributed by atoms with Crippen LogP contribution in [-0.2, 0) is 30.5 Å². The van der Waals surface area contributed by atoms with Gasteiger partial charge in [0.25, 0.3) is 0 Å². The molecule has 0 bridgehead atoms. The number of halogens is 4. The Hall–Kier alpha value is -4.67. The van der Waals surface area contributed by atoms with Crippen molar-refractivity contribution in [2.24, 2.45) is 0 Å². The molecule has 0 saturated carbocycles. The van der Waals surface area contributed by atoms with E-state index >= 15 is 0 Å². The summed E-state index contributed by atoms with van der Waals surface area (Å²) in [7, 11) is 0. The summed E-state index contributed by atoms with van der Waals surface area (Å²) in [5, 5.41) is 9.31. The Kier molecular flexibility index (Phi) is 11.9. The van der Waals surface area contributed by atoms with Crippen molar-refractivity contribution in [1.82, 2.24) is 25.4 Å². The molecule has 7 nitrogen and oxygen atoms in total. The van der Waals surface area contributed by atoms with Crippen LogP contribution in [0.5, 0.6) is 5.75 Å². The monoisotopic (exact) mass is 675 g/mol. The average Bonchev–Trinajstić information content (AvgIpc) is 3.50. The highest BCUT2D eigenvalue weighted by Gasteiger charge is 2.34. The maximum Gasteiger partial charge on any atom is 0.417 e. The van der Waals surface area contributed by atoms with Crippen LogP contribution >= 0.6 is 11.6 Å². The van der Waals surface area contributed by atoms with E-state index in [1.165, 1.54) is 6.07 Å². The molecule has 0 atom stereocenters. The Balaban J connectivity index is 1.25. The topological polar surface area (TPSA) is 83.1 Å². The van der Waals surface area contributed by atoms with Crippen molar-refractivity contribution < 1.29 is 22.7 Å². The van der Waals surface area contributed by atoms with Gasteiger partial charge in [-0.2, -0.15) is 18.3 Å². The van der Waals surface area contributed by atoms with Crippen LogP contribution in [-0.4, -0.2) is 45.7 Å². The number of carbonyl (C=O) groups is 1. The van der Waals surface area contributed by atoms with E-state index < -0.39 is 11.7 Å². The molecule has 2 N–H and O–H groups in total. The lowest BCUT2D eigenvalue weighted by atomic mass is 9.90. The van der Waals surface area contributed by atoms with E-state index in [-0.39, 0.29) is 36.4 Å². The lowest BCUT2D eigenvalue weighted by molar-refractivity contribution is -0.137. The van der Waals surface area contributed by atoms with Gasteiger partial charge in [-0.25, -0.2) is 4.98 Å². The molecule has 0 fully saturated rings. The fourth-order valence-corrected chi connectivity index (χ4v) is 5.84. The maximum absolute atomic E-state index is 13.7. The number of H-pyrrole nitrogens is 1. The predicted molar refractivity (Wildman–Crippen MR) is 180 cm³/mol. The van der Waals surface area contributed by atoms with Crippen LogP contribution in [0, 0.1) is 6.92 Å². The molecule has 5 aromatic rings. The van der Waals surface area contributed by atoms with Gasteiger partial charge in [-0.3, -0.25) is 14.8 Å². The number of ether oxygens (including phenoxy) is 1. The number of hydrogen-bond donors (Lipinski definition) is 2. The third-order valence-electron chi connectivity index (χ3n) is 7.86. The SMILES string of the molecule is Cc1nc(CNC(=O)Cc2cccc(OCCCN(Cc3cccc(C(F)(F)F)c3Cl)CC(c3ccccc3)c3ccccc3)c2)n[nH]1. The molecule has 0 unspecified atom stereocenters. The minimum absolute atomic E-state index is 0.0199. The summed E-state index contributed by atoms with van der Waals surface area (Å²) in [4.78, 5) is 18.8. The zero-order valence-electron chi connectivity index (χ0n) is 26.5. The first-order chi connectivity index (χ1) is 23.2. The van der Waals surface area contributed by atoms with Gasteiger partial charge in [0.2, 0.25) is 5.91 Å². The highest BCUT2D eigenvalue weighted by atomic mass is 35.5. The molecule has 1 aromatic heterocycles. The van der Waals surface area contributed by atoms with E-state index in [1.807, 2.05) is 60.7 Å². The van der Waals surface area contributed by atoms with Crippen LogP contribution in [0.4, 0.5) is 13.2 Å². The minimum Gasteiger partial charge on any atom is -0.494 e. The van der Waals surface area contributed by atoms with Crippen molar-refractivity contribution in [2.45, 2.75) is 44.9 Å². The first-order valence-electron chi connectivity index (χ1n) is 15.7. The van der Waals surface area contributed by atoms with Gasteiger partial charge in [0.15, 0.2) is 5.82 Å². The molecule has 5 rings (SSSR count). The van der Waals surface area contributed by atoms with Crippen LogP contribution in [0.15, 0.2) is 103 Å². The van der Waals surface area contributed by atoms with Gasteiger partial charge in [-0.15, -0.1) is 0 Å². The number of aromatic nitrogens is 3. The van der Waals surface area contributed by atoms with E-state index in [0.717, 1.165) is 22.8 Å². The van der Waals surface area contributed by atoms with Crippen molar-refractivity contribution in [3.05, 3.63) is 148 Å². The number of benzene rings is 4. The Morgan fingerprint density at radius 1 is 0.958 bits per heavy atom. The zero-order valence-corrected chi connectivity index (χ0v) is 27.3. The van der Waals surface area contributed by atoms with Gasteiger partial charge in [-0.05, 0) is 53.8 Å². The molecule has 0 aliphatic carbocycles. The molecule has 48 heavy (non-hydrogen) atoms. The molecule has 1 heterocycles. The first kappa shape index (κ1) is 34.7. The molecule has 0 aliphatic heterocycles. The number of nitrogens with zero attached hydrogens (tertiary/aromatic N) is 3. The summed E-state index contributed by atoms with van der Waals surface area (Å²) in [6.07, 6.45) is -3.77. The number of carbonyl (C=O) groups excluding carboxylic acids is 1. The molecule has 250 valence electrons. The van der Waals surface area contributed by atoms with Crippen molar-refractivity contribution in [3.8, 4) is 5.75 Å². The second-order valence-corrected chi connectivity index (χ2v) is 11.9. The number of rotatable bonds is 15. The number of hydrogen-bond acceptors (Lipinski definition) is 5. The van der Waals surface area contributed by atoms with Gasteiger partial charge < -0.3 is 10.1 Å². The molecular formula is C37H37ClF3N5O2.